The monoisotopic (exact) mass is 1480 g/mol. The average molecular weight is 1480 g/mol. The van der Waals surface area contributed by atoms with Gasteiger partial charge in [-0.05, 0) is 89.9 Å². The predicted octanol–water partition coefficient (Wildman–Crippen LogP) is 24.2. The molecule has 2 unspecified atom stereocenters. The quantitative estimate of drug-likeness (QED) is 0.0169. The summed E-state index contributed by atoms with van der Waals surface area (Å²) >= 11 is 0. The van der Waals surface area contributed by atoms with Crippen LogP contribution in [0.5, 0.6) is 0 Å². The van der Waals surface area contributed by atoms with Crippen LogP contribution in [-0.4, -0.2) is 96.7 Å². The van der Waals surface area contributed by atoms with Gasteiger partial charge in [0.05, 0.1) is 26.4 Å². The SMILES string of the molecule is CCCCC/C=C\C/C=C\C/C=C\C/C=C\CCCC(=O)OC[C@H](COP(=O)(O)OC[C@@H](O)COP(=O)(O)OC[C@@H](COC(=O)CCCCCCC/C=C\CCCCCCCC)OC(=O)CCCCCCCCCCCCCCC)OC(=O)CCCCCCCCCCCCCCCCCCC. The Bertz CT molecular complexity index is 2170. The molecule has 0 rings (SSSR count). The number of phosphoric ester groups is 2. The topological polar surface area (TPSA) is 237 Å². The van der Waals surface area contributed by atoms with Crippen molar-refractivity contribution >= 4 is 39.5 Å². The van der Waals surface area contributed by atoms with E-state index >= 15 is 0 Å². The molecule has 0 aromatic rings. The summed E-state index contributed by atoms with van der Waals surface area (Å²) in [4.78, 5) is 73.0. The molecule has 0 aliphatic rings. The lowest BCUT2D eigenvalue weighted by atomic mass is 10.0. The number of esters is 4. The Balaban J connectivity index is 5.36. The molecule has 0 bridgehead atoms. The first-order valence-electron chi connectivity index (χ1n) is 41.5. The van der Waals surface area contributed by atoms with Gasteiger partial charge in [0.15, 0.2) is 12.2 Å². The molecule has 0 saturated heterocycles. The van der Waals surface area contributed by atoms with Gasteiger partial charge >= 0.3 is 39.5 Å². The Kier molecular flexibility index (Phi) is 73.6. The number of allylic oxidation sites excluding steroid dienone is 10. The Morgan fingerprint density at radius 3 is 0.804 bits per heavy atom. The Morgan fingerprint density at radius 2 is 0.490 bits per heavy atom. The summed E-state index contributed by atoms with van der Waals surface area (Å²) in [5, 5.41) is 10.6. The summed E-state index contributed by atoms with van der Waals surface area (Å²) in [6.45, 7) is 4.87. The van der Waals surface area contributed by atoms with Crippen molar-refractivity contribution in [2.45, 2.75) is 406 Å². The van der Waals surface area contributed by atoms with Crippen molar-refractivity contribution in [3.05, 3.63) is 60.8 Å². The van der Waals surface area contributed by atoms with Crippen LogP contribution >= 0.6 is 15.6 Å². The number of rotatable bonds is 79. The van der Waals surface area contributed by atoms with Crippen molar-refractivity contribution in [3.8, 4) is 0 Å². The summed E-state index contributed by atoms with van der Waals surface area (Å²) < 4.78 is 68.6. The lowest BCUT2D eigenvalue weighted by Crippen LogP contribution is -2.30. The molecule has 0 heterocycles. The summed E-state index contributed by atoms with van der Waals surface area (Å²) in [5.41, 5.74) is 0. The van der Waals surface area contributed by atoms with Crippen molar-refractivity contribution in [1.29, 1.82) is 0 Å². The number of aliphatic hydroxyl groups is 1. The number of aliphatic hydroxyl groups excluding tert-OH is 1. The first kappa shape index (κ1) is 98.8. The maximum atomic E-state index is 13.1. The molecule has 0 aromatic heterocycles. The normalized spacial score (nSPS) is 14.1. The van der Waals surface area contributed by atoms with Crippen molar-refractivity contribution in [2.75, 3.05) is 39.6 Å². The van der Waals surface area contributed by atoms with Gasteiger partial charge in [0.1, 0.15) is 19.3 Å². The second-order valence-electron chi connectivity index (χ2n) is 28.1. The molecule has 0 fully saturated rings. The standard InChI is InChI=1S/C83H152O17P2/c1-5-9-13-17-21-25-29-33-36-38-41-45-48-52-56-60-64-68-81(86)94-74-79(100-83(88)70-66-62-58-54-50-46-42-39-37-34-30-26-22-18-14-10-6-2)76-98-102(91,92)96-72-77(84)71-95-101(89,90)97-75-78(99-82(87)69-65-61-57-53-49-43-32-28-24-20-16-12-8-4)73-93-80(85)67-63-59-55-51-47-44-40-35-31-27-23-19-15-11-7-3/h21,25,33,35-36,40-41,45,52,56,77-79,84H,5-20,22-24,26-32,34,37-39,42-44,46-51,53-55,57-76H2,1-4H3,(H,89,90)(H,91,92)/b25-21-,36-33-,40-35-,45-41-,56-52-/t77-,78+,79+/m0/s1. The molecule has 102 heavy (non-hydrogen) atoms. The van der Waals surface area contributed by atoms with Gasteiger partial charge in [0.2, 0.25) is 0 Å². The number of hydrogen-bond donors (Lipinski definition) is 3. The molecular weight excluding hydrogens is 1330 g/mol. The van der Waals surface area contributed by atoms with Gasteiger partial charge in [-0.25, -0.2) is 9.13 Å². The van der Waals surface area contributed by atoms with Crippen LogP contribution in [0.4, 0.5) is 0 Å². The summed E-state index contributed by atoms with van der Waals surface area (Å²) in [6.07, 6.45) is 76.2. The summed E-state index contributed by atoms with van der Waals surface area (Å²) in [7, 11) is -9.95. The molecular formula is C83H152O17P2. The zero-order valence-corrected chi connectivity index (χ0v) is 67.1. The molecule has 0 aliphatic carbocycles. The largest absolute Gasteiger partial charge is 0.472 e. The maximum absolute atomic E-state index is 13.1. The van der Waals surface area contributed by atoms with Crippen LogP contribution in [0.15, 0.2) is 60.8 Å². The van der Waals surface area contributed by atoms with Crippen LogP contribution in [0, 0.1) is 0 Å². The molecule has 0 aromatic carbocycles. The van der Waals surface area contributed by atoms with Crippen molar-refractivity contribution in [2.24, 2.45) is 0 Å². The zero-order chi connectivity index (χ0) is 74.6. The van der Waals surface area contributed by atoms with Crippen LogP contribution in [0.1, 0.15) is 387 Å². The van der Waals surface area contributed by atoms with Gasteiger partial charge in [0, 0.05) is 25.7 Å². The van der Waals surface area contributed by atoms with Crippen LogP contribution in [-0.2, 0) is 65.4 Å². The van der Waals surface area contributed by atoms with Gasteiger partial charge in [-0.15, -0.1) is 0 Å². The molecule has 0 spiro atoms. The highest BCUT2D eigenvalue weighted by atomic mass is 31.2. The van der Waals surface area contributed by atoms with E-state index in [0.717, 1.165) is 116 Å². The fourth-order valence-electron chi connectivity index (χ4n) is 11.6. The highest BCUT2D eigenvalue weighted by molar-refractivity contribution is 7.47. The molecule has 19 heteroatoms. The van der Waals surface area contributed by atoms with Crippen molar-refractivity contribution < 1.29 is 80.2 Å². The van der Waals surface area contributed by atoms with E-state index in [0.29, 0.717) is 32.1 Å². The summed E-state index contributed by atoms with van der Waals surface area (Å²) in [5.74, 6) is -2.21. The van der Waals surface area contributed by atoms with E-state index < -0.39 is 97.5 Å². The van der Waals surface area contributed by atoms with Gasteiger partial charge in [-0.2, -0.15) is 0 Å². The van der Waals surface area contributed by atoms with Crippen molar-refractivity contribution in [3.63, 3.8) is 0 Å². The molecule has 0 saturated carbocycles. The van der Waals surface area contributed by atoms with Crippen LogP contribution in [0.2, 0.25) is 0 Å². The van der Waals surface area contributed by atoms with E-state index in [4.69, 9.17) is 37.0 Å². The van der Waals surface area contributed by atoms with Gasteiger partial charge in [0.25, 0.3) is 0 Å². The molecule has 3 N–H and O–H groups in total. The second kappa shape index (κ2) is 76.0. The smallest absolute Gasteiger partial charge is 0.462 e. The lowest BCUT2D eigenvalue weighted by molar-refractivity contribution is -0.161. The van der Waals surface area contributed by atoms with E-state index in [-0.39, 0.29) is 25.7 Å². The fraction of sp³-hybridized carbons (Fsp3) is 0.831. The number of phosphoric acid groups is 2. The highest BCUT2D eigenvalue weighted by Gasteiger charge is 2.30. The third-order valence-electron chi connectivity index (χ3n) is 18.0. The van der Waals surface area contributed by atoms with Crippen LogP contribution < -0.4 is 0 Å². The third kappa shape index (κ3) is 75.0. The zero-order valence-electron chi connectivity index (χ0n) is 65.3. The van der Waals surface area contributed by atoms with Gasteiger partial charge in [-0.1, -0.05) is 332 Å². The number of carbonyl (C=O) groups is 4. The molecule has 0 aliphatic heterocycles. The Labute approximate surface area is 622 Å². The first-order valence-corrected chi connectivity index (χ1v) is 44.5. The number of carbonyl (C=O) groups excluding carboxylic acids is 4. The Hall–Kier alpha value is -3.24. The molecule has 5 atom stereocenters. The maximum Gasteiger partial charge on any atom is 0.472 e. The fourth-order valence-corrected chi connectivity index (χ4v) is 13.2. The van der Waals surface area contributed by atoms with E-state index in [1.165, 1.54) is 186 Å². The number of ether oxygens (including phenoxy) is 4. The van der Waals surface area contributed by atoms with E-state index in [9.17, 15) is 43.2 Å². The van der Waals surface area contributed by atoms with Crippen LogP contribution in [0.25, 0.3) is 0 Å². The molecule has 0 amide bonds. The lowest BCUT2D eigenvalue weighted by Gasteiger charge is -2.21. The minimum absolute atomic E-state index is 0.0904. The van der Waals surface area contributed by atoms with Crippen LogP contribution in [0.3, 0.4) is 0 Å². The number of hydrogen-bond acceptors (Lipinski definition) is 15. The second-order valence-corrected chi connectivity index (χ2v) is 31.0. The summed E-state index contributed by atoms with van der Waals surface area (Å²) in [6, 6.07) is 0. The van der Waals surface area contributed by atoms with Gasteiger partial charge in [-0.3, -0.25) is 37.3 Å². The van der Waals surface area contributed by atoms with E-state index in [2.05, 4.69) is 76.3 Å². The minimum atomic E-state index is -4.98. The van der Waals surface area contributed by atoms with Gasteiger partial charge < -0.3 is 33.8 Å². The molecule has 0 radical (unpaired) electrons. The average Bonchev–Trinajstić information content (AvgIpc) is 0.959. The molecule has 17 nitrogen and oxygen atoms in total. The van der Waals surface area contributed by atoms with E-state index in [1.807, 2.05) is 12.2 Å². The third-order valence-corrected chi connectivity index (χ3v) is 19.9. The highest BCUT2D eigenvalue weighted by Crippen LogP contribution is 2.45. The number of unbranched alkanes of at least 4 members (excludes halogenated alkanes) is 43. The van der Waals surface area contributed by atoms with E-state index in [1.54, 1.807) is 0 Å². The van der Waals surface area contributed by atoms with Crippen molar-refractivity contribution in [1.82, 2.24) is 0 Å². The first-order chi connectivity index (χ1) is 49.7. The Morgan fingerprint density at radius 1 is 0.275 bits per heavy atom. The molecule has 596 valence electrons. The minimum Gasteiger partial charge on any atom is -0.462 e. The predicted molar refractivity (Wildman–Crippen MR) is 418 cm³/mol.